The fourth-order valence-electron chi connectivity index (χ4n) is 1.53. The number of thioether (sulfide) groups is 1. The molecule has 0 spiro atoms. The second-order valence-corrected chi connectivity index (χ2v) is 5.24. The van der Waals surface area contributed by atoms with Gasteiger partial charge in [-0.1, -0.05) is 6.92 Å². The first-order valence-electron chi connectivity index (χ1n) is 5.41. The van der Waals surface area contributed by atoms with Gasteiger partial charge in [0.25, 0.3) is 0 Å². The summed E-state index contributed by atoms with van der Waals surface area (Å²) in [5.41, 5.74) is 2.43. The third-order valence-electron chi connectivity index (χ3n) is 2.74. The van der Waals surface area contributed by atoms with Crippen molar-refractivity contribution < 1.29 is 0 Å². The van der Waals surface area contributed by atoms with Crippen LogP contribution in [0.5, 0.6) is 0 Å². The third kappa shape index (κ3) is 3.87. The molecular weight excluding hydrogens is 206 g/mol. The van der Waals surface area contributed by atoms with E-state index < -0.39 is 0 Å². The molecular formula is C11H21N3S. The molecule has 15 heavy (non-hydrogen) atoms. The van der Waals surface area contributed by atoms with Crippen molar-refractivity contribution in [2.24, 2.45) is 0 Å². The number of nitrogens with one attached hydrogen (secondary N) is 2. The normalized spacial score (nSPS) is 15.2. The number of hydrogen-bond acceptors (Lipinski definition) is 3. The first-order valence-corrected chi connectivity index (χ1v) is 6.70. The zero-order chi connectivity index (χ0) is 11.3. The van der Waals surface area contributed by atoms with Crippen LogP contribution in [0.2, 0.25) is 0 Å². The van der Waals surface area contributed by atoms with Crippen molar-refractivity contribution in [2.75, 3.05) is 12.8 Å². The lowest BCUT2D eigenvalue weighted by molar-refractivity contribution is 0.556. The molecule has 1 rings (SSSR count). The largest absolute Gasteiger partial charge is 0.310 e. The minimum absolute atomic E-state index is 0.387. The summed E-state index contributed by atoms with van der Waals surface area (Å²) in [5, 5.41) is 11.2. The molecule has 2 unspecified atom stereocenters. The maximum absolute atomic E-state index is 4.03. The van der Waals surface area contributed by atoms with Crippen LogP contribution in [0.3, 0.4) is 0 Å². The quantitative estimate of drug-likeness (QED) is 0.784. The Morgan fingerprint density at radius 1 is 1.53 bits per heavy atom. The highest BCUT2D eigenvalue weighted by Gasteiger charge is 2.09. The Hall–Kier alpha value is -0.480. The second kappa shape index (κ2) is 6.18. The monoisotopic (exact) mass is 227 g/mol. The highest BCUT2D eigenvalue weighted by Crippen LogP contribution is 2.15. The van der Waals surface area contributed by atoms with Crippen LogP contribution in [0.15, 0.2) is 6.20 Å². The lowest BCUT2D eigenvalue weighted by Gasteiger charge is -2.14. The molecule has 0 aliphatic carbocycles. The first-order chi connectivity index (χ1) is 7.15. The summed E-state index contributed by atoms with van der Waals surface area (Å²) < 4.78 is 0. The molecule has 2 atom stereocenters. The van der Waals surface area contributed by atoms with Crippen molar-refractivity contribution in [2.45, 2.75) is 38.5 Å². The van der Waals surface area contributed by atoms with Gasteiger partial charge >= 0.3 is 0 Å². The summed E-state index contributed by atoms with van der Waals surface area (Å²) in [6, 6.07) is 0.387. The van der Waals surface area contributed by atoms with Crippen LogP contribution in [0, 0.1) is 6.92 Å². The van der Waals surface area contributed by atoms with E-state index in [-0.39, 0.29) is 0 Å². The lowest BCUT2D eigenvalue weighted by atomic mass is 10.1. The van der Waals surface area contributed by atoms with E-state index in [2.05, 4.69) is 42.5 Å². The molecule has 2 N–H and O–H groups in total. The molecule has 0 aliphatic rings. The average Bonchev–Trinajstić information content (AvgIpc) is 2.64. The Labute approximate surface area is 96.4 Å². The maximum Gasteiger partial charge on any atom is 0.0537 e. The maximum atomic E-state index is 4.03. The summed E-state index contributed by atoms with van der Waals surface area (Å²) in [7, 11) is 0. The van der Waals surface area contributed by atoms with Crippen molar-refractivity contribution in [3.05, 3.63) is 17.5 Å². The fraction of sp³-hybridized carbons (Fsp3) is 0.727. The summed E-state index contributed by atoms with van der Waals surface area (Å²) in [6.07, 6.45) is 5.28. The van der Waals surface area contributed by atoms with Gasteiger partial charge in [0.15, 0.2) is 0 Å². The summed E-state index contributed by atoms with van der Waals surface area (Å²) in [4.78, 5) is 0. The van der Waals surface area contributed by atoms with E-state index in [1.165, 1.54) is 12.0 Å². The van der Waals surface area contributed by atoms with Crippen LogP contribution in [0.4, 0.5) is 0 Å². The fourth-order valence-corrected chi connectivity index (χ4v) is 1.88. The van der Waals surface area contributed by atoms with Gasteiger partial charge in [0.2, 0.25) is 0 Å². The zero-order valence-electron chi connectivity index (χ0n) is 10.0. The third-order valence-corrected chi connectivity index (χ3v) is 3.78. The molecule has 0 fully saturated rings. The average molecular weight is 227 g/mol. The van der Waals surface area contributed by atoms with Crippen molar-refractivity contribution in [1.29, 1.82) is 0 Å². The number of nitrogens with zero attached hydrogens (tertiary/aromatic N) is 1. The molecule has 4 heteroatoms. The summed E-state index contributed by atoms with van der Waals surface area (Å²) in [5.74, 6) is 0. The lowest BCUT2D eigenvalue weighted by Crippen LogP contribution is -2.22. The van der Waals surface area contributed by atoms with E-state index in [9.17, 15) is 0 Å². The van der Waals surface area contributed by atoms with Gasteiger partial charge in [0.05, 0.1) is 6.20 Å². The predicted octanol–water partition coefficient (Wildman–Crippen LogP) is 2.51. The molecule has 1 aromatic heterocycles. The van der Waals surface area contributed by atoms with Crippen molar-refractivity contribution >= 4 is 11.8 Å². The van der Waals surface area contributed by atoms with Crippen LogP contribution in [-0.4, -0.2) is 28.2 Å². The van der Waals surface area contributed by atoms with Gasteiger partial charge < -0.3 is 5.32 Å². The van der Waals surface area contributed by atoms with Crippen LogP contribution < -0.4 is 5.32 Å². The first kappa shape index (κ1) is 12.6. The number of rotatable bonds is 6. The number of aromatic nitrogens is 2. The molecule has 0 bridgehead atoms. The number of H-pyrrole nitrogens is 1. The van der Waals surface area contributed by atoms with E-state index in [0.29, 0.717) is 6.04 Å². The van der Waals surface area contributed by atoms with Gasteiger partial charge in [-0.3, -0.25) is 5.10 Å². The van der Waals surface area contributed by atoms with Crippen molar-refractivity contribution in [3.63, 3.8) is 0 Å². The van der Waals surface area contributed by atoms with E-state index in [1.807, 2.05) is 18.0 Å². The van der Waals surface area contributed by atoms with Gasteiger partial charge in [-0.15, -0.1) is 0 Å². The number of aromatic amines is 1. The molecule has 0 aromatic carbocycles. The van der Waals surface area contributed by atoms with E-state index >= 15 is 0 Å². The second-order valence-electron chi connectivity index (χ2n) is 3.96. The standard InChI is InChI=1S/C11H21N3S/c1-8(15-4)5-6-12-9(2)11-7-13-14-10(11)3/h7-9,12H,5-6H2,1-4H3,(H,13,14). The minimum atomic E-state index is 0.387. The van der Waals surface area contributed by atoms with Gasteiger partial charge in [-0.25, -0.2) is 0 Å². The number of hydrogen-bond donors (Lipinski definition) is 2. The molecule has 0 amide bonds. The minimum Gasteiger partial charge on any atom is -0.310 e. The smallest absolute Gasteiger partial charge is 0.0537 e. The van der Waals surface area contributed by atoms with Gasteiger partial charge in [0.1, 0.15) is 0 Å². The molecule has 1 aromatic rings. The molecule has 0 radical (unpaired) electrons. The van der Waals surface area contributed by atoms with Crippen LogP contribution in [0.25, 0.3) is 0 Å². The topological polar surface area (TPSA) is 40.7 Å². The molecule has 0 aliphatic heterocycles. The highest BCUT2D eigenvalue weighted by atomic mass is 32.2. The van der Waals surface area contributed by atoms with E-state index in [1.54, 1.807) is 0 Å². The van der Waals surface area contributed by atoms with Gasteiger partial charge in [0, 0.05) is 22.5 Å². The Kier molecular flexibility index (Phi) is 5.19. The summed E-state index contributed by atoms with van der Waals surface area (Å²) >= 11 is 1.92. The summed E-state index contributed by atoms with van der Waals surface area (Å²) in [6.45, 7) is 7.57. The number of aryl methyl sites for hydroxylation is 1. The highest BCUT2D eigenvalue weighted by molar-refractivity contribution is 7.99. The van der Waals surface area contributed by atoms with Crippen LogP contribution >= 0.6 is 11.8 Å². The van der Waals surface area contributed by atoms with Gasteiger partial charge in [-0.05, 0) is 33.1 Å². The molecule has 0 saturated carbocycles. The van der Waals surface area contributed by atoms with Crippen molar-refractivity contribution in [1.82, 2.24) is 15.5 Å². The van der Waals surface area contributed by atoms with Crippen LogP contribution in [0.1, 0.15) is 37.6 Å². The van der Waals surface area contributed by atoms with Crippen LogP contribution in [-0.2, 0) is 0 Å². The molecule has 0 saturated heterocycles. The molecule has 1 heterocycles. The van der Waals surface area contributed by atoms with E-state index in [4.69, 9.17) is 0 Å². The molecule has 86 valence electrons. The zero-order valence-corrected chi connectivity index (χ0v) is 10.8. The van der Waals surface area contributed by atoms with Crippen molar-refractivity contribution in [3.8, 4) is 0 Å². The predicted molar refractivity (Wildman–Crippen MR) is 67.3 cm³/mol. The Morgan fingerprint density at radius 2 is 2.27 bits per heavy atom. The Bertz CT molecular complexity index is 285. The Morgan fingerprint density at radius 3 is 2.80 bits per heavy atom. The Balaban J connectivity index is 2.31. The molecule has 3 nitrogen and oxygen atoms in total. The van der Waals surface area contributed by atoms with Gasteiger partial charge in [-0.2, -0.15) is 16.9 Å². The SMILES string of the molecule is CSC(C)CCNC(C)c1cn[nH]c1C. The van der Waals surface area contributed by atoms with E-state index in [0.717, 1.165) is 17.5 Å².